The maximum absolute atomic E-state index is 12.5. The van der Waals surface area contributed by atoms with Crippen LogP contribution in [0.1, 0.15) is 44.0 Å². The molecule has 114 valence electrons. The van der Waals surface area contributed by atoms with Crippen LogP contribution in [0.4, 0.5) is 0 Å². The summed E-state index contributed by atoms with van der Waals surface area (Å²) in [6.45, 7) is 8.91. The molecule has 0 saturated carbocycles. The van der Waals surface area contributed by atoms with Crippen molar-refractivity contribution < 1.29 is 9.21 Å². The van der Waals surface area contributed by atoms with Crippen LogP contribution in [0.5, 0.6) is 0 Å². The number of hydrogen-bond acceptors (Lipinski definition) is 3. The van der Waals surface area contributed by atoms with Crippen molar-refractivity contribution in [1.82, 2.24) is 4.90 Å². The lowest BCUT2D eigenvalue weighted by atomic mass is 10.0. The highest BCUT2D eigenvalue weighted by Crippen LogP contribution is 2.21. The van der Waals surface area contributed by atoms with Crippen LogP contribution in [0.25, 0.3) is 11.0 Å². The summed E-state index contributed by atoms with van der Waals surface area (Å²) in [5, 5.41) is 0.918. The molecule has 0 saturated heterocycles. The fourth-order valence-electron chi connectivity index (χ4n) is 2.70. The number of Topliss-reactive ketones (excluding diaryl/α,β-unsaturated/α-hetero) is 1. The van der Waals surface area contributed by atoms with Crippen molar-refractivity contribution in [3.8, 4) is 0 Å². The normalized spacial score (nSPS) is 11.7. The van der Waals surface area contributed by atoms with Gasteiger partial charge >= 0.3 is 0 Å². The third-order valence-electron chi connectivity index (χ3n) is 4.27. The Morgan fingerprint density at radius 2 is 1.90 bits per heavy atom. The van der Waals surface area contributed by atoms with Crippen LogP contribution in [-0.2, 0) is 0 Å². The SMILES string of the molecule is CCC(CC)CN(CC)CC(=O)c1coc2ccccc12. The lowest BCUT2D eigenvalue weighted by molar-refractivity contribution is 0.0921. The lowest BCUT2D eigenvalue weighted by Gasteiger charge is -2.24. The van der Waals surface area contributed by atoms with Crippen LogP contribution in [-0.4, -0.2) is 30.3 Å². The number of rotatable bonds is 8. The number of carbonyl (C=O) groups excluding carboxylic acids is 1. The van der Waals surface area contributed by atoms with Gasteiger partial charge in [-0.15, -0.1) is 0 Å². The zero-order valence-corrected chi connectivity index (χ0v) is 13.3. The van der Waals surface area contributed by atoms with Gasteiger partial charge in [-0.05, 0) is 18.5 Å². The summed E-state index contributed by atoms with van der Waals surface area (Å²) in [4.78, 5) is 14.8. The molecule has 0 aliphatic carbocycles. The monoisotopic (exact) mass is 287 g/mol. The highest BCUT2D eigenvalue weighted by atomic mass is 16.3. The van der Waals surface area contributed by atoms with E-state index in [9.17, 15) is 4.79 Å². The predicted molar refractivity (Wildman–Crippen MR) is 86.7 cm³/mol. The van der Waals surface area contributed by atoms with Crippen LogP contribution in [0.3, 0.4) is 0 Å². The zero-order valence-electron chi connectivity index (χ0n) is 13.3. The number of nitrogens with zero attached hydrogens (tertiary/aromatic N) is 1. The summed E-state index contributed by atoms with van der Waals surface area (Å²) in [5.74, 6) is 0.812. The summed E-state index contributed by atoms with van der Waals surface area (Å²) < 4.78 is 5.47. The Morgan fingerprint density at radius 1 is 1.19 bits per heavy atom. The molecule has 1 aromatic heterocycles. The van der Waals surface area contributed by atoms with Crippen LogP contribution >= 0.6 is 0 Å². The van der Waals surface area contributed by atoms with Gasteiger partial charge in [0, 0.05) is 11.9 Å². The number of carbonyl (C=O) groups is 1. The van der Waals surface area contributed by atoms with Crippen LogP contribution in [0, 0.1) is 5.92 Å². The molecule has 3 heteroatoms. The van der Waals surface area contributed by atoms with Gasteiger partial charge in [0.1, 0.15) is 11.8 Å². The Labute approximate surface area is 126 Å². The minimum atomic E-state index is 0.146. The highest BCUT2D eigenvalue weighted by Gasteiger charge is 2.18. The first-order valence-corrected chi connectivity index (χ1v) is 7.91. The predicted octanol–water partition coefficient (Wildman–Crippen LogP) is 4.37. The van der Waals surface area contributed by atoms with Gasteiger partial charge in [0.25, 0.3) is 0 Å². The van der Waals surface area contributed by atoms with Crippen molar-refractivity contribution in [3.05, 3.63) is 36.1 Å². The molecule has 3 nitrogen and oxygen atoms in total. The number of fused-ring (bicyclic) bond motifs is 1. The Hall–Kier alpha value is -1.61. The average molecular weight is 287 g/mol. The Kier molecular flexibility index (Phi) is 5.57. The molecule has 0 spiro atoms. The van der Waals surface area contributed by atoms with Gasteiger partial charge in [0.05, 0.1) is 12.1 Å². The second-order valence-corrected chi connectivity index (χ2v) is 5.58. The molecule has 0 unspecified atom stereocenters. The molecule has 0 atom stereocenters. The van der Waals surface area contributed by atoms with E-state index in [-0.39, 0.29) is 5.78 Å². The number of furan rings is 1. The van der Waals surface area contributed by atoms with Gasteiger partial charge in [-0.3, -0.25) is 9.69 Å². The van der Waals surface area contributed by atoms with Crippen molar-refractivity contribution in [2.75, 3.05) is 19.6 Å². The van der Waals surface area contributed by atoms with Crippen molar-refractivity contribution >= 4 is 16.8 Å². The fraction of sp³-hybridized carbons (Fsp3) is 0.500. The van der Waals surface area contributed by atoms with E-state index in [0.717, 1.165) is 36.9 Å². The average Bonchev–Trinajstić information content (AvgIpc) is 2.95. The quantitative estimate of drug-likeness (QED) is 0.676. The van der Waals surface area contributed by atoms with E-state index in [1.807, 2.05) is 24.3 Å². The molecule has 0 radical (unpaired) electrons. The van der Waals surface area contributed by atoms with Crippen molar-refractivity contribution in [3.63, 3.8) is 0 Å². The molecular formula is C18H25NO2. The van der Waals surface area contributed by atoms with E-state index in [0.29, 0.717) is 18.0 Å². The number of likely N-dealkylation sites (N-methyl/N-ethyl adjacent to an activating group) is 1. The molecular weight excluding hydrogens is 262 g/mol. The highest BCUT2D eigenvalue weighted by molar-refractivity contribution is 6.08. The van der Waals surface area contributed by atoms with E-state index in [2.05, 4.69) is 25.7 Å². The van der Waals surface area contributed by atoms with Crippen molar-refractivity contribution in [2.45, 2.75) is 33.6 Å². The lowest BCUT2D eigenvalue weighted by Crippen LogP contribution is -2.34. The first-order valence-electron chi connectivity index (χ1n) is 7.91. The van der Waals surface area contributed by atoms with Gasteiger partial charge in [-0.25, -0.2) is 0 Å². The molecule has 0 amide bonds. The summed E-state index contributed by atoms with van der Waals surface area (Å²) in [6.07, 6.45) is 3.92. The number of ketones is 1. The molecule has 21 heavy (non-hydrogen) atoms. The molecule has 0 bridgehead atoms. The number of hydrogen-bond donors (Lipinski definition) is 0. The number of para-hydroxylation sites is 1. The molecule has 0 N–H and O–H groups in total. The molecule has 2 rings (SSSR count). The fourth-order valence-corrected chi connectivity index (χ4v) is 2.70. The van der Waals surface area contributed by atoms with Gasteiger partial charge in [0.2, 0.25) is 0 Å². The van der Waals surface area contributed by atoms with Gasteiger partial charge in [-0.1, -0.05) is 51.8 Å². The molecule has 0 aliphatic rings. The topological polar surface area (TPSA) is 33.5 Å². The van der Waals surface area contributed by atoms with Crippen LogP contribution in [0.15, 0.2) is 34.9 Å². The minimum Gasteiger partial charge on any atom is -0.464 e. The minimum absolute atomic E-state index is 0.146. The largest absolute Gasteiger partial charge is 0.464 e. The van der Waals surface area contributed by atoms with Gasteiger partial charge < -0.3 is 4.42 Å². The summed E-state index contributed by atoms with van der Waals surface area (Å²) >= 11 is 0. The van der Waals surface area contributed by atoms with Crippen LogP contribution < -0.4 is 0 Å². The van der Waals surface area contributed by atoms with E-state index >= 15 is 0 Å². The van der Waals surface area contributed by atoms with E-state index in [1.165, 1.54) is 0 Å². The van der Waals surface area contributed by atoms with Crippen molar-refractivity contribution in [2.24, 2.45) is 5.92 Å². The van der Waals surface area contributed by atoms with E-state index in [4.69, 9.17) is 4.42 Å². The third-order valence-corrected chi connectivity index (χ3v) is 4.27. The second kappa shape index (κ2) is 7.41. The number of benzene rings is 1. The van der Waals surface area contributed by atoms with Crippen LogP contribution in [0.2, 0.25) is 0 Å². The van der Waals surface area contributed by atoms with E-state index < -0.39 is 0 Å². The Morgan fingerprint density at radius 3 is 2.57 bits per heavy atom. The first-order chi connectivity index (χ1) is 10.2. The maximum Gasteiger partial charge on any atom is 0.180 e. The summed E-state index contributed by atoms with van der Waals surface area (Å²) in [5.41, 5.74) is 1.48. The van der Waals surface area contributed by atoms with Crippen molar-refractivity contribution in [1.29, 1.82) is 0 Å². The molecule has 1 heterocycles. The van der Waals surface area contributed by atoms with Gasteiger partial charge in [0.15, 0.2) is 5.78 Å². The summed E-state index contributed by atoms with van der Waals surface area (Å²) in [7, 11) is 0. The third kappa shape index (κ3) is 3.73. The Balaban J connectivity index is 2.09. The summed E-state index contributed by atoms with van der Waals surface area (Å²) in [6, 6.07) is 7.71. The maximum atomic E-state index is 12.5. The standard InChI is InChI=1S/C18H25NO2/c1-4-14(5-2)11-19(6-3)12-17(20)16-13-21-18-10-8-7-9-15(16)18/h7-10,13-14H,4-6,11-12H2,1-3H3. The second-order valence-electron chi connectivity index (χ2n) is 5.58. The zero-order chi connectivity index (χ0) is 15.2. The molecule has 0 fully saturated rings. The molecule has 1 aromatic carbocycles. The Bertz CT molecular complexity index is 584. The van der Waals surface area contributed by atoms with E-state index in [1.54, 1.807) is 6.26 Å². The smallest absolute Gasteiger partial charge is 0.180 e. The first kappa shape index (κ1) is 15.8. The molecule has 0 aliphatic heterocycles. The van der Waals surface area contributed by atoms with Gasteiger partial charge in [-0.2, -0.15) is 0 Å². The molecule has 2 aromatic rings.